The van der Waals surface area contributed by atoms with E-state index in [1.54, 1.807) is 69.7 Å². The standard InChI is InChI=1S/3C13H10Br2N6OS2.C3H7NO/c3*1-23-11-7(3-16)12(21-13(17)20-11)24-5-9(22)19-10-8(15)2-6(14)4-18-10;1-4(2)3-5/h3*2,4H,5H2,1H3,(H2,17,20,21)(H,18,19,22);3H,1-2H3. The Morgan fingerprint density at radius 3 is 0.948 bits per heavy atom. The first-order chi connectivity index (χ1) is 36.6. The highest BCUT2D eigenvalue weighted by molar-refractivity contribution is 9.11. The van der Waals surface area contributed by atoms with Crippen LogP contribution in [-0.4, -0.2) is 124 Å². The summed E-state index contributed by atoms with van der Waals surface area (Å²) in [5.74, 6) is 0.793. The van der Waals surface area contributed by atoms with Gasteiger partial charge in [0.15, 0.2) is 0 Å². The largest absolute Gasteiger partial charge is 0.368 e. The third-order valence-corrected chi connectivity index (χ3v) is 16.0. The van der Waals surface area contributed by atoms with Gasteiger partial charge in [0.05, 0.1) is 30.7 Å². The summed E-state index contributed by atoms with van der Waals surface area (Å²) in [5.41, 5.74) is 17.9. The Kier molecular flexibility index (Phi) is 29.8. The Morgan fingerprint density at radius 1 is 0.519 bits per heavy atom. The van der Waals surface area contributed by atoms with E-state index in [4.69, 9.17) is 17.2 Å². The second kappa shape index (κ2) is 34.4. The molecule has 6 aromatic heterocycles. The van der Waals surface area contributed by atoms with E-state index >= 15 is 0 Å². The van der Waals surface area contributed by atoms with E-state index in [0.717, 1.165) is 55.1 Å². The van der Waals surface area contributed by atoms with Gasteiger partial charge in [0, 0.05) is 46.1 Å². The van der Waals surface area contributed by atoms with Crippen LogP contribution in [0, 0.1) is 34.0 Å². The third-order valence-electron chi connectivity index (χ3n) is 7.92. The molecule has 0 saturated heterocycles. The highest BCUT2D eigenvalue weighted by atomic mass is 79.9. The van der Waals surface area contributed by atoms with Crippen LogP contribution >= 0.6 is 166 Å². The first-order valence-electron chi connectivity index (χ1n) is 20.3. The summed E-state index contributed by atoms with van der Waals surface area (Å²) >= 11 is 27.1. The molecule has 0 saturated carbocycles. The van der Waals surface area contributed by atoms with E-state index in [-0.39, 0.29) is 52.8 Å². The summed E-state index contributed by atoms with van der Waals surface area (Å²) in [4.78, 5) is 83.7. The number of carbonyl (C=O) groups is 4. The lowest BCUT2D eigenvalue weighted by atomic mass is 10.4. The Bertz CT molecular complexity index is 2920. The van der Waals surface area contributed by atoms with Crippen molar-refractivity contribution in [2.75, 3.05) is 83.3 Å². The molecule has 6 rings (SSSR count). The molecular weight excluding hydrogens is 1510 g/mol. The van der Waals surface area contributed by atoms with Gasteiger partial charge >= 0.3 is 0 Å². The summed E-state index contributed by atoms with van der Waals surface area (Å²) < 4.78 is 4.35. The van der Waals surface area contributed by atoms with Crippen molar-refractivity contribution in [2.45, 2.75) is 30.2 Å². The molecule has 0 bridgehead atoms. The molecule has 0 unspecified atom stereocenters. The van der Waals surface area contributed by atoms with Gasteiger partial charge in [0.1, 0.15) is 82.5 Å². The highest BCUT2D eigenvalue weighted by Gasteiger charge is 2.19. The fraction of sp³-hybridized carbons (Fsp3) is 0.190. The summed E-state index contributed by atoms with van der Waals surface area (Å²) in [5, 5.41) is 38.5. The summed E-state index contributed by atoms with van der Waals surface area (Å²) in [6, 6.07) is 11.5. The predicted octanol–water partition coefficient (Wildman–Crippen LogP) is 9.61. The number of rotatable bonds is 16. The maximum atomic E-state index is 12.1. The zero-order valence-corrected chi connectivity index (χ0v) is 54.5. The van der Waals surface area contributed by atoms with Gasteiger partial charge in [-0.1, -0.05) is 35.3 Å². The fourth-order valence-electron chi connectivity index (χ4n) is 4.78. The van der Waals surface area contributed by atoms with Gasteiger partial charge in [-0.15, -0.1) is 35.3 Å². The van der Waals surface area contributed by atoms with Crippen molar-refractivity contribution in [3.63, 3.8) is 0 Å². The van der Waals surface area contributed by atoms with E-state index in [1.165, 1.54) is 40.2 Å². The van der Waals surface area contributed by atoms with E-state index in [1.807, 2.05) is 0 Å². The number of nitrogen functional groups attached to an aromatic ring is 3. The normalized spacial score (nSPS) is 10.0. The molecule has 0 aliphatic rings. The monoisotopic (exact) mass is 1540 g/mol. The van der Waals surface area contributed by atoms with Crippen molar-refractivity contribution in [3.8, 4) is 18.2 Å². The molecule has 4 amide bonds. The van der Waals surface area contributed by atoms with Crippen LogP contribution < -0.4 is 33.2 Å². The lowest BCUT2D eigenvalue weighted by Crippen LogP contribution is -2.16. The van der Waals surface area contributed by atoms with Crippen molar-refractivity contribution in [3.05, 3.63) is 80.3 Å². The number of pyridine rings is 3. The number of aromatic nitrogens is 9. The number of nitriles is 3. The zero-order valence-electron chi connectivity index (χ0n) is 40.1. The molecule has 0 spiro atoms. The number of carbonyl (C=O) groups excluding carboxylic acids is 4. The highest BCUT2D eigenvalue weighted by Crippen LogP contribution is 2.32. The van der Waals surface area contributed by atoms with Gasteiger partial charge in [-0.3, -0.25) is 19.2 Å². The quantitative estimate of drug-likeness (QED) is 0.0298. The van der Waals surface area contributed by atoms with Crippen LogP contribution in [0.2, 0.25) is 0 Å². The van der Waals surface area contributed by atoms with Crippen molar-refractivity contribution >= 4 is 226 Å². The van der Waals surface area contributed by atoms with Crippen LogP contribution in [0.5, 0.6) is 0 Å². The molecule has 6 heterocycles. The zero-order chi connectivity index (χ0) is 57.4. The average Bonchev–Trinajstić information content (AvgIpc) is 3.39. The smallest absolute Gasteiger partial charge is 0.235 e. The Hall–Kier alpha value is -4.58. The first-order valence-corrected chi connectivity index (χ1v) is 31.7. The molecule has 0 fully saturated rings. The second-order valence-electron chi connectivity index (χ2n) is 13.7. The molecule has 0 atom stereocenters. The molecule has 77 heavy (non-hydrogen) atoms. The maximum Gasteiger partial charge on any atom is 0.235 e. The number of nitrogens with zero attached hydrogens (tertiary/aromatic N) is 13. The van der Waals surface area contributed by atoms with E-state index in [9.17, 15) is 35.0 Å². The van der Waals surface area contributed by atoms with Crippen LogP contribution in [0.3, 0.4) is 0 Å². The van der Waals surface area contributed by atoms with Crippen LogP contribution in [0.15, 0.2) is 93.8 Å². The van der Waals surface area contributed by atoms with Crippen molar-refractivity contribution in [1.82, 2.24) is 49.8 Å². The van der Waals surface area contributed by atoms with Crippen LogP contribution in [-0.2, 0) is 19.2 Å². The van der Waals surface area contributed by atoms with Gasteiger partial charge in [-0.25, -0.2) is 44.9 Å². The summed E-state index contributed by atoms with van der Waals surface area (Å²) in [6.07, 6.45) is 10.9. The minimum absolute atomic E-state index is 0.0587. The van der Waals surface area contributed by atoms with Crippen LogP contribution in [0.4, 0.5) is 35.3 Å². The van der Waals surface area contributed by atoms with Crippen molar-refractivity contribution < 1.29 is 19.2 Å². The number of hydrogen-bond acceptors (Lipinski definition) is 25. The number of nitrogens with two attached hydrogens (primary N) is 3. The molecule has 0 radical (unpaired) electrons. The fourth-order valence-corrected chi connectivity index (χ4v) is 12.2. The molecular formula is C42H37Br6N19O4S6. The molecule has 0 aromatic carbocycles. The minimum Gasteiger partial charge on any atom is -0.368 e. The van der Waals surface area contributed by atoms with Crippen molar-refractivity contribution in [2.24, 2.45) is 0 Å². The van der Waals surface area contributed by atoms with Crippen molar-refractivity contribution in [1.29, 1.82) is 15.8 Å². The van der Waals surface area contributed by atoms with E-state index in [0.29, 0.717) is 77.7 Å². The van der Waals surface area contributed by atoms with Gasteiger partial charge in [-0.2, -0.15) is 15.8 Å². The first kappa shape index (κ1) is 66.7. The Morgan fingerprint density at radius 2 is 0.753 bits per heavy atom. The molecule has 23 nitrogen and oxygen atoms in total. The number of halogens is 6. The molecule has 9 N–H and O–H groups in total. The SMILES string of the molecule is CN(C)C=O.CSc1nc(N)nc(SCC(=O)Nc2ncc(Br)cc2Br)c1C#N.CSc1nc(N)nc(SCC(=O)Nc2ncc(Br)cc2Br)c1C#N.CSc1nc(N)nc(SCC(=O)Nc2ncc(Br)cc2Br)c1C#N. The van der Waals surface area contributed by atoms with Crippen LogP contribution in [0.25, 0.3) is 0 Å². The van der Waals surface area contributed by atoms with E-state index < -0.39 is 0 Å². The number of anilines is 6. The second-order valence-corrected chi connectivity index (χ2v) is 24.3. The third kappa shape index (κ3) is 22.6. The van der Waals surface area contributed by atoms with Gasteiger partial charge < -0.3 is 38.1 Å². The summed E-state index contributed by atoms with van der Waals surface area (Å²) in [6.45, 7) is 0. The lowest BCUT2D eigenvalue weighted by molar-refractivity contribution is -0.116. The van der Waals surface area contributed by atoms with Gasteiger partial charge in [0.2, 0.25) is 42.0 Å². The topological polar surface area (TPSA) is 373 Å². The van der Waals surface area contributed by atoms with Gasteiger partial charge in [0.25, 0.3) is 0 Å². The van der Waals surface area contributed by atoms with Crippen LogP contribution in [0.1, 0.15) is 16.7 Å². The Balaban J connectivity index is 0.000000290. The molecule has 0 aliphatic heterocycles. The molecule has 0 aliphatic carbocycles. The maximum absolute atomic E-state index is 12.1. The molecule has 35 heteroatoms. The Labute approximate surface area is 516 Å². The summed E-state index contributed by atoms with van der Waals surface area (Å²) in [7, 11) is 3.38. The number of thioether (sulfide) groups is 6. The number of amides is 4. The molecule has 402 valence electrons. The minimum atomic E-state index is -0.276. The van der Waals surface area contributed by atoms with E-state index in [2.05, 4.69) is 175 Å². The number of nitrogens with one attached hydrogen (secondary N) is 3. The number of hydrogen-bond donors (Lipinski definition) is 6. The lowest BCUT2D eigenvalue weighted by Gasteiger charge is -2.08. The molecule has 6 aromatic rings. The average molecular weight is 1540 g/mol. The van der Waals surface area contributed by atoms with Gasteiger partial charge in [-0.05, 0) is 133 Å². The predicted molar refractivity (Wildman–Crippen MR) is 326 cm³/mol.